The monoisotopic (exact) mass is 495 g/mol. The summed E-state index contributed by atoms with van der Waals surface area (Å²) in [5, 5.41) is 11.6. The fourth-order valence-corrected chi connectivity index (χ4v) is 2.83. The summed E-state index contributed by atoms with van der Waals surface area (Å²) in [5.41, 5.74) is 3.44. The number of aromatic nitrogens is 2. The number of benzene rings is 2. The van der Waals surface area contributed by atoms with Gasteiger partial charge in [0.2, 0.25) is 0 Å². The molecule has 27 heavy (non-hydrogen) atoms. The number of guanidine groups is 1. The van der Waals surface area contributed by atoms with Gasteiger partial charge in [-0.15, -0.1) is 24.0 Å². The highest BCUT2D eigenvalue weighted by Gasteiger charge is 2.01. The van der Waals surface area contributed by atoms with E-state index in [2.05, 4.69) is 45.0 Å². The van der Waals surface area contributed by atoms with Crippen molar-refractivity contribution < 1.29 is 0 Å². The van der Waals surface area contributed by atoms with Gasteiger partial charge in [0.15, 0.2) is 5.96 Å². The van der Waals surface area contributed by atoms with E-state index in [1.807, 2.05) is 41.2 Å². The SMILES string of the molecule is CN=C(NCCc1ccc(-n2cccn2)cc1)NCc1cccc(Cl)c1.I. The van der Waals surface area contributed by atoms with Crippen molar-refractivity contribution in [2.75, 3.05) is 13.6 Å². The second-order valence-corrected chi connectivity index (χ2v) is 6.29. The molecule has 0 aliphatic carbocycles. The van der Waals surface area contributed by atoms with Crippen molar-refractivity contribution in [3.8, 4) is 5.69 Å². The van der Waals surface area contributed by atoms with Gasteiger partial charge in [-0.25, -0.2) is 4.68 Å². The van der Waals surface area contributed by atoms with Gasteiger partial charge < -0.3 is 10.6 Å². The summed E-state index contributed by atoms with van der Waals surface area (Å²) in [6, 6.07) is 18.1. The van der Waals surface area contributed by atoms with Gasteiger partial charge in [-0.1, -0.05) is 35.9 Å². The first kappa shape index (κ1) is 21.2. The van der Waals surface area contributed by atoms with Crippen molar-refractivity contribution >= 4 is 41.5 Å². The standard InChI is InChI=1S/C20H22ClN5.HI/c1-22-20(24-15-17-4-2-5-18(21)14-17)23-12-10-16-6-8-19(9-7-16)26-13-3-11-25-26;/h2-9,11,13-14H,10,12,15H2,1H3,(H2,22,23,24);1H. The number of rotatable bonds is 6. The molecule has 2 aromatic carbocycles. The molecule has 0 saturated heterocycles. The molecule has 3 rings (SSSR count). The predicted octanol–water partition coefficient (Wildman–Crippen LogP) is 4.05. The summed E-state index contributed by atoms with van der Waals surface area (Å²) in [6.45, 7) is 1.48. The van der Waals surface area contributed by atoms with E-state index in [-0.39, 0.29) is 24.0 Å². The molecule has 3 aromatic rings. The summed E-state index contributed by atoms with van der Waals surface area (Å²) in [6.07, 6.45) is 4.63. The molecule has 142 valence electrons. The lowest BCUT2D eigenvalue weighted by Gasteiger charge is -2.12. The average Bonchev–Trinajstić information content (AvgIpc) is 3.20. The van der Waals surface area contributed by atoms with Crippen molar-refractivity contribution in [3.63, 3.8) is 0 Å². The first-order valence-corrected chi connectivity index (χ1v) is 8.90. The molecule has 0 aliphatic heterocycles. The van der Waals surface area contributed by atoms with Gasteiger partial charge in [-0.2, -0.15) is 5.10 Å². The van der Waals surface area contributed by atoms with Crippen LogP contribution in [0, 0.1) is 0 Å². The van der Waals surface area contributed by atoms with Crippen molar-refractivity contribution in [2.45, 2.75) is 13.0 Å². The van der Waals surface area contributed by atoms with Crippen LogP contribution < -0.4 is 10.6 Å². The Morgan fingerprint density at radius 3 is 2.56 bits per heavy atom. The summed E-state index contributed by atoms with van der Waals surface area (Å²) in [7, 11) is 1.77. The second-order valence-electron chi connectivity index (χ2n) is 5.85. The van der Waals surface area contributed by atoms with Crippen LogP contribution in [-0.4, -0.2) is 29.3 Å². The molecule has 0 aliphatic rings. The van der Waals surface area contributed by atoms with E-state index < -0.39 is 0 Å². The van der Waals surface area contributed by atoms with E-state index in [4.69, 9.17) is 11.6 Å². The van der Waals surface area contributed by atoms with Crippen LogP contribution in [0.5, 0.6) is 0 Å². The smallest absolute Gasteiger partial charge is 0.191 e. The number of hydrogen-bond donors (Lipinski definition) is 2. The van der Waals surface area contributed by atoms with Gasteiger partial charge >= 0.3 is 0 Å². The third-order valence-electron chi connectivity index (χ3n) is 3.98. The van der Waals surface area contributed by atoms with Crippen LogP contribution in [0.2, 0.25) is 5.02 Å². The lowest BCUT2D eigenvalue weighted by molar-refractivity contribution is 0.794. The third-order valence-corrected chi connectivity index (χ3v) is 4.22. The zero-order valence-electron chi connectivity index (χ0n) is 15.1. The molecule has 0 spiro atoms. The van der Waals surface area contributed by atoms with Crippen LogP contribution in [0.15, 0.2) is 72.0 Å². The largest absolute Gasteiger partial charge is 0.356 e. The maximum atomic E-state index is 6.01. The lowest BCUT2D eigenvalue weighted by atomic mass is 10.1. The van der Waals surface area contributed by atoms with Crippen LogP contribution in [0.25, 0.3) is 5.69 Å². The van der Waals surface area contributed by atoms with Crippen molar-refractivity contribution in [2.24, 2.45) is 4.99 Å². The molecule has 0 fully saturated rings. The van der Waals surface area contributed by atoms with E-state index in [1.165, 1.54) is 5.56 Å². The number of aliphatic imine (C=N–C) groups is 1. The highest BCUT2D eigenvalue weighted by molar-refractivity contribution is 14.0. The molecule has 0 unspecified atom stereocenters. The predicted molar refractivity (Wildman–Crippen MR) is 122 cm³/mol. The maximum absolute atomic E-state index is 6.01. The molecule has 0 saturated carbocycles. The molecule has 1 aromatic heterocycles. The van der Waals surface area contributed by atoms with Crippen LogP contribution in [0.1, 0.15) is 11.1 Å². The zero-order valence-corrected chi connectivity index (χ0v) is 18.2. The molecule has 0 amide bonds. The van der Waals surface area contributed by atoms with Crippen LogP contribution in [0.3, 0.4) is 0 Å². The van der Waals surface area contributed by atoms with Gasteiger partial charge in [0.25, 0.3) is 0 Å². The number of hydrogen-bond acceptors (Lipinski definition) is 2. The quantitative estimate of drug-likeness (QED) is 0.308. The third kappa shape index (κ3) is 6.55. The van der Waals surface area contributed by atoms with Gasteiger partial charge in [-0.05, 0) is 47.9 Å². The normalized spacial score (nSPS) is 11.0. The minimum absolute atomic E-state index is 0. The summed E-state index contributed by atoms with van der Waals surface area (Å²) >= 11 is 6.01. The second kappa shape index (κ2) is 10.9. The van der Waals surface area contributed by atoms with Crippen molar-refractivity contribution in [1.29, 1.82) is 0 Å². The summed E-state index contributed by atoms with van der Waals surface area (Å²) in [4.78, 5) is 4.25. The first-order chi connectivity index (χ1) is 12.7. The van der Waals surface area contributed by atoms with E-state index in [9.17, 15) is 0 Å². The Labute approximate surface area is 181 Å². The Hall–Kier alpha value is -2.06. The molecule has 0 bridgehead atoms. The van der Waals surface area contributed by atoms with Gasteiger partial charge in [-0.3, -0.25) is 4.99 Å². The van der Waals surface area contributed by atoms with Gasteiger partial charge in [0.05, 0.1) is 5.69 Å². The Kier molecular flexibility index (Phi) is 8.60. The van der Waals surface area contributed by atoms with E-state index >= 15 is 0 Å². The minimum Gasteiger partial charge on any atom is -0.356 e. The van der Waals surface area contributed by atoms with Crippen LogP contribution in [-0.2, 0) is 13.0 Å². The zero-order chi connectivity index (χ0) is 18.2. The fourth-order valence-electron chi connectivity index (χ4n) is 2.62. The molecule has 0 radical (unpaired) electrons. The van der Waals surface area contributed by atoms with Crippen molar-refractivity contribution in [3.05, 3.63) is 83.1 Å². The summed E-state index contributed by atoms with van der Waals surface area (Å²) in [5.74, 6) is 0.776. The lowest BCUT2D eigenvalue weighted by Crippen LogP contribution is -2.37. The molecule has 0 atom stereocenters. The topological polar surface area (TPSA) is 54.2 Å². The van der Waals surface area contributed by atoms with Gasteiger partial charge in [0, 0.05) is 37.6 Å². The highest BCUT2D eigenvalue weighted by atomic mass is 127. The fraction of sp³-hybridized carbons (Fsp3) is 0.200. The Morgan fingerprint density at radius 2 is 1.89 bits per heavy atom. The van der Waals surface area contributed by atoms with E-state index in [0.717, 1.165) is 35.2 Å². The van der Waals surface area contributed by atoms with E-state index in [1.54, 1.807) is 13.2 Å². The minimum atomic E-state index is 0. The first-order valence-electron chi connectivity index (χ1n) is 8.52. The highest BCUT2D eigenvalue weighted by Crippen LogP contribution is 2.10. The molecular formula is C20H23ClIN5. The van der Waals surface area contributed by atoms with Crippen LogP contribution >= 0.6 is 35.6 Å². The summed E-state index contributed by atoms with van der Waals surface area (Å²) < 4.78 is 1.85. The van der Waals surface area contributed by atoms with Gasteiger partial charge in [0.1, 0.15) is 0 Å². The molecule has 5 nitrogen and oxygen atoms in total. The molecule has 1 heterocycles. The van der Waals surface area contributed by atoms with Crippen molar-refractivity contribution in [1.82, 2.24) is 20.4 Å². The van der Waals surface area contributed by atoms with Crippen LogP contribution in [0.4, 0.5) is 0 Å². The number of halogens is 2. The Balaban J connectivity index is 0.00000261. The molecular weight excluding hydrogens is 473 g/mol. The number of nitrogens with zero attached hydrogens (tertiary/aromatic N) is 3. The Morgan fingerprint density at radius 1 is 1.07 bits per heavy atom. The average molecular weight is 496 g/mol. The maximum Gasteiger partial charge on any atom is 0.191 e. The van der Waals surface area contributed by atoms with E-state index in [0.29, 0.717) is 6.54 Å². The molecule has 2 N–H and O–H groups in total. The number of nitrogens with one attached hydrogen (secondary N) is 2. The Bertz CT molecular complexity index is 847. The molecule has 7 heteroatoms.